The summed E-state index contributed by atoms with van der Waals surface area (Å²) >= 11 is 0. The zero-order valence-electron chi connectivity index (χ0n) is 35.2. The summed E-state index contributed by atoms with van der Waals surface area (Å²) in [5.41, 5.74) is 5.84. The maximum absolute atomic E-state index is 12.8. The Morgan fingerprint density at radius 2 is 1.63 bits per heavy atom. The van der Waals surface area contributed by atoms with Crippen LogP contribution in [-0.4, -0.2) is 54.2 Å². The number of esters is 1. The standard InChI is InChI=1S/C48H74N2O2/c1-13-50-30-14-15-40(50)49(12)31-48-27-22-35(32(2)3)41(48)37-20-21-39-45(9)25-23-36(33-16-18-34(19-17-33)42(51)52-43(4,5)6)44(7,8)38(45)24-26-47(39,11)46(37,10)28-29-48/h16-19,23,35,37-41H,2,13-15,20-22,24-31H2,1,3-12H3/t35-,37+,38-,39+,40?,41+,45-,46+,47+,48+/m0/s1. The van der Waals surface area contributed by atoms with Crippen molar-refractivity contribution in [2.24, 2.45) is 56.7 Å². The van der Waals surface area contributed by atoms with Crippen LogP contribution in [-0.2, 0) is 4.74 Å². The third-order valence-electron chi connectivity index (χ3n) is 17.5. The van der Waals surface area contributed by atoms with E-state index in [1.165, 1.54) is 101 Å². The number of fused-ring (bicyclic) bond motifs is 7. The molecular weight excluding hydrogens is 637 g/mol. The maximum Gasteiger partial charge on any atom is 0.338 e. The molecule has 1 aromatic rings. The highest BCUT2D eigenvalue weighted by atomic mass is 16.6. The molecule has 7 rings (SSSR count). The lowest BCUT2D eigenvalue weighted by Crippen LogP contribution is -2.66. The number of hydrogen-bond donors (Lipinski definition) is 0. The number of ether oxygens (including phenoxy) is 1. The summed E-state index contributed by atoms with van der Waals surface area (Å²) in [5.74, 6) is 3.37. The molecule has 0 spiro atoms. The van der Waals surface area contributed by atoms with Crippen LogP contribution in [0.15, 0.2) is 42.5 Å². The van der Waals surface area contributed by atoms with E-state index in [0.29, 0.717) is 39.8 Å². The van der Waals surface area contributed by atoms with Gasteiger partial charge in [0, 0.05) is 6.54 Å². The van der Waals surface area contributed by atoms with Crippen molar-refractivity contribution in [2.45, 2.75) is 152 Å². The Hall–Kier alpha value is -1.91. The molecule has 0 amide bonds. The molecule has 0 aromatic heterocycles. The van der Waals surface area contributed by atoms with Gasteiger partial charge < -0.3 is 4.74 Å². The Balaban J connectivity index is 1.17. The van der Waals surface area contributed by atoms with Crippen molar-refractivity contribution in [2.75, 3.05) is 26.7 Å². The van der Waals surface area contributed by atoms with Crippen LogP contribution in [0.5, 0.6) is 0 Å². The van der Waals surface area contributed by atoms with Crippen LogP contribution in [0.4, 0.5) is 0 Å². The summed E-state index contributed by atoms with van der Waals surface area (Å²) < 4.78 is 5.67. The first-order valence-electron chi connectivity index (χ1n) is 21.5. The smallest absolute Gasteiger partial charge is 0.338 e. The second-order valence-electron chi connectivity index (χ2n) is 21.3. The molecule has 5 aliphatic carbocycles. The van der Waals surface area contributed by atoms with E-state index in [2.05, 4.69) is 90.1 Å². The van der Waals surface area contributed by atoms with E-state index in [9.17, 15) is 4.79 Å². The molecule has 0 bridgehead atoms. The number of nitrogens with zero attached hydrogens (tertiary/aromatic N) is 2. The van der Waals surface area contributed by atoms with E-state index in [0.717, 1.165) is 24.2 Å². The van der Waals surface area contributed by atoms with E-state index in [4.69, 9.17) is 4.74 Å². The molecule has 4 saturated carbocycles. The first kappa shape index (κ1) is 38.4. The lowest BCUT2D eigenvalue weighted by atomic mass is 9.32. The van der Waals surface area contributed by atoms with Gasteiger partial charge in [-0.25, -0.2) is 4.79 Å². The Morgan fingerprint density at radius 1 is 0.923 bits per heavy atom. The third-order valence-corrected chi connectivity index (χ3v) is 17.5. The minimum Gasteiger partial charge on any atom is -0.456 e. The molecule has 1 saturated heterocycles. The van der Waals surface area contributed by atoms with Crippen molar-refractivity contribution in [3.05, 3.63) is 53.6 Å². The fourth-order valence-corrected chi connectivity index (χ4v) is 15.1. The van der Waals surface area contributed by atoms with Gasteiger partial charge in [0.15, 0.2) is 0 Å². The maximum atomic E-state index is 12.8. The predicted octanol–water partition coefficient (Wildman–Crippen LogP) is 11.7. The van der Waals surface area contributed by atoms with Gasteiger partial charge in [-0.15, -0.1) is 0 Å². The third kappa shape index (κ3) is 5.84. The molecular formula is C48H74N2O2. The monoisotopic (exact) mass is 711 g/mol. The van der Waals surface area contributed by atoms with Crippen LogP contribution < -0.4 is 0 Å². The van der Waals surface area contributed by atoms with Crippen LogP contribution >= 0.6 is 0 Å². The van der Waals surface area contributed by atoms with Crippen molar-refractivity contribution in [3.8, 4) is 0 Å². The normalized spacial score (nSPS) is 41.4. The lowest BCUT2D eigenvalue weighted by molar-refractivity contribution is -0.227. The highest BCUT2D eigenvalue weighted by molar-refractivity contribution is 5.90. The minimum absolute atomic E-state index is 0.0644. The largest absolute Gasteiger partial charge is 0.456 e. The topological polar surface area (TPSA) is 32.8 Å². The number of carbonyl (C=O) groups excluding carboxylic acids is 1. The molecule has 10 atom stereocenters. The van der Waals surface area contributed by atoms with Crippen molar-refractivity contribution in [1.29, 1.82) is 0 Å². The van der Waals surface area contributed by atoms with Crippen molar-refractivity contribution >= 4 is 11.5 Å². The summed E-state index contributed by atoms with van der Waals surface area (Å²) in [6, 6.07) is 8.30. The lowest BCUT2D eigenvalue weighted by Gasteiger charge is -2.72. The Morgan fingerprint density at radius 3 is 2.29 bits per heavy atom. The van der Waals surface area contributed by atoms with Gasteiger partial charge >= 0.3 is 5.97 Å². The number of rotatable bonds is 7. The van der Waals surface area contributed by atoms with E-state index in [1.54, 1.807) is 0 Å². The van der Waals surface area contributed by atoms with Crippen molar-refractivity contribution < 1.29 is 9.53 Å². The van der Waals surface area contributed by atoms with Crippen LogP contribution in [0.25, 0.3) is 5.57 Å². The molecule has 288 valence electrons. The van der Waals surface area contributed by atoms with Gasteiger partial charge in [0.2, 0.25) is 0 Å². The van der Waals surface area contributed by atoms with Gasteiger partial charge in [-0.3, -0.25) is 9.80 Å². The summed E-state index contributed by atoms with van der Waals surface area (Å²) in [4.78, 5) is 18.4. The van der Waals surface area contributed by atoms with Crippen LogP contribution in [0, 0.1) is 56.7 Å². The second kappa shape index (κ2) is 13.1. The van der Waals surface area contributed by atoms with Crippen LogP contribution in [0.1, 0.15) is 156 Å². The van der Waals surface area contributed by atoms with Crippen LogP contribution in [0.3, 0.4) is 0 Å². The molecule has 1 unspecified atom stereocenters. The molecule has 1 aromatic carbocycles. The SMILES string of the molecule is C=C(C)[C@@H]1CC[C@]2(CN(C)C3CCCN3CC)CC[C@]3(C)[C@H](CC[C@@H]4[C@@]5(C)CC=C(c6ccc(C(=O)OC(C)(C)C)cc6)C(C)(C)[C@@H]5CC[C@]43C)[C@@H]12. The first-order valence-corrected chi connectivity index (χ1v) is 21.5. The van der Waals surface area contributed by atoms with E-state index in [-0.39, 0.29) is 16.8 Å². The molecule has 5 fully saturated rings. The number of benzene rings is 1. The van der Waals surface area contributed by atoms with Crippen molar-refractivity contribution in [3.63, 3.8) is 0 Å². The number of hydrogen-bond acceptors (Lipinski definition) is 4. The predicted molar refractivity (Wildman–Crippen MR) is 217 cm³/mol. The van der Waals surface area contributed by atoms with Gasteiger partial charge in [-0.05, 0) is 198 Å². The molecule has 52 heavy (non-hydrogen) atoms. The molecule has 4 heteroatoms. The van der Waals surface area contributed by atoms with Gasteiger partial charge in [-0.2, -0.15) is 0 Å². The molecule has 0 N–H and O–H groups in total. The van der Waals surface area contributed by atoms with Crippen LogP contribution in [0.2, 0.25) is 0 Å². The zero-order valence-corrected chi connectivity index (χ0v) is 35.2. The van der Waals surface area contributed by atoms with Crippen molar-refractivity contribution in [1.82, 2.24) is 9.80 Å². The minimum atomic E-state index is -0.493. The zero-order chi connectivity index (χ0) is 37.6. The molecule has 1 aliphatic heterocycles. The summed E-state index contributed by atoms with van der Waals surface area (Å²) in [6.45, 7) is 32.3. The van der Waals surface area contributed by atoms with Gasteiger partial charge in [-0.1, -0.05) is 71.9 Å². The molecule has 0 radical (unpaired) electrons. The number of carbonyl (C=O) groups is 1. The average molecular weight is 711 g/mol. The second-order valence-corrected chi connectivity index (χ2v) is 21.3. The Bertz CT molecular complexity index is 1570. The van der Waals surface area contributed by atoms with Gasteiger partial charge in [0.1, 0.15) is 5.60 Å². The van der Waals surface area contributed by atoms with E-state index >= 15 is 0 Å². The fraction of sp³-hybridized carbons (Fsp3) is 0.771. The number of allylic oxidation sites excluding steroid dienone is 3. The van der Waals surface area contributed by atoms with E-state index < -0.39 is 5.60 Å². The fourth-order valence-electron chi connectivity index (χ4n) is 15.1. The Labute approximate surface area is 318 Å². The number of likely N-dealkylation sites (tertiary alicyclic amines) is 1. The summed E-state index contributed by atoms with van der Waals surface area (Å²) in [6.07, 6.45) is 18.1. The average Bonchev–Trinajstić information content (AvgIpc) is 3.70. The highest BCUT2D eigenvalue weighted by Crippen LogP contribution is 2.77. The molecule has 6 aliphatic rings. The Kier molecular flexibility index (Phi) is 9.67. The van der Waals surface area contributed by atoms with Gasteiger partial charge in [0.05, 0.1) is 11.7 Å². The highest BCUT2D eigenvalue weighted by Gasteiger charge is 2.70. The summed E-state index contributed by atoms with van der Waals surface area (Å²) in [7, 11) is 2.47. The quantitative estimate of drug-likeness (QED) is 0.208. The first-order chi connectivity index (χ1) is 24.3. The molecule has 4 nitrogen and oxygen atoms in total. The summed E-state index contributed by atoms with van der Waals surface area (Å²) in [5, 5.41) is 0. The van der Waals surface area contributed by atoms with Gasteiger partial charge in [0.25, 0.3) is 0 Å². The molecule has 1 heterocycles. The van der Waals surface area contributed by atoms with E-state index in [1.807, 2.05) is 32.9 Å².